The summed E-state index contributed by atoms with van der Waals surface area (Å²) in [6.45, 7) is 0. The van der Waals surface area contributed by atoms with Crippen LogP contribution >= 0.6 is 27.5 Å². The van der Waals surface area contributed by atoms with Crippen LogP contribution < -0.4 is 0 Å². The molecule has 0 atom stereocenters. The lowest BCUT2D eigenvalue weighted by Crippen LogP contribution is -1.83. The van der Waals surface area contributed by atoms with Crippen molar-refractivity contribution in [2.75, 3.05) is 0 Å². The average Bonchev–Trinajstić information content (AvgIpc) is 2.13. The molecule has 0 aliphatic carbocycles. The molecule has 4 heteroatoms. The minimum Gasteiger partial charge on any atom is -0.457 e. The van der Waals surface area contributed by atoms with Gasteiger partial charge in [-0.25, -0.2) is 0 Å². The van der Waals surface area contributed by atoms with Crippen LogP contribution in [0, 0.1) is 0 Å². The normalized spacial score (nSPS) is 9.56. The first-order chi connectivity index (χ1) is 4.22. The zero-order chi connectivity index (χ0) is 6.85. The molecule has 0 aliphatic heterocycles. The molecule has 0 spiro atoms. The van der Waals surface area contributed by atoms with Crippen LogP contribution in [0.1, 0.15) is 10.4 Å². The van der Waals surface area contributed by atoms with Gasteiger partial charge in [0.25, 0.3) is 5.24 Å². The van der Waals surface area contributed by atoms with Crippen molar-refractivity contribution in [1.29, 1.82) is 0 Å². The lowest BCUT2D eigenvalue weighted by Gasteiger charge is -1.82. The van der Waals surface area contributed by atoms with Crippen LogP contribution in [-0.2, 0) is 0 Å². The van der Waals surface area contributed by atoms with Gasteiger partial charge in [-0.05, 0) is 33.6 Å². The minimum absolute atomic E-state index is 0.358. The summed E-state index contributed by atoms with van der Waals surface area (Å²) in [6.07, 6.45) is 1.39. The van der Waals surface area contributed by atoms with Gasteiger partial charge in [-0.1, -0.05) is 0 Å². The second-order valence-corrected chi connectivity index (χ2v) is 2.45. The quantitative estimate of drug-likeness (QED) is 0.665. The van der Waals surface area contributed by atoms with Gasteiger partial charge in [0.15, 0.2) is 4.67 Å². The van der Waals surface area contributed by atoms with E-state index in [1.165, 1.54) is 12.3 Å². The summed E-state index contributed by atoms with van der Waals surface area (Å²) in [5, 5.41) is -0.518. The maximum atomic E-state index is 10.4. The van der Waals surface area contributed by atoms with Crippen molar-refractivity contribution in [3.63, 3.8) is 0 Å². The highest BCUT2D eigenvalue weighted by Gasteiger charge is 2.08. The van der Waals surface area contributed by atoms with Crippen LogP contribution in [0.25, 0.3) is 0 Å². The molecule has 9 heavy (non-hydrogen) atoms. The third-order valence-electron chi connectivity index (χ3n) is 0.830. The van der Waals surface area contributed by atoms with E-state index in [2.05, 4.69) is 15.9 Å². The molecule has 1 rings (SSSR count). The molecular formula is C5H2BrClO2. The number of carbonyl (C=O) groups excluding carboxylic acids is 1. The van der Waals surface area contributed by atoms with Crippen molar-refractivity contribution in [2.45, 2.75) is 0 Å². The highest BCUT2D eigenvalue weighted by atomic mass is 79.9. The van der Waals surface area contributed by atoms with E-state index in [1.54, 1.807) is 0 Å². The van der Waals surface area contributed by atoms with E-state index >= 15 is 0 Å². The highest BCUT2D eigenvalue weighted by Crippen LogP contribution is 2.18. The van der Waals surface area contributed by atoms with Gasteiger partial charge in [0, 0.05) is 0 Å². The predicted molar refractivity (Wildman–Crippen MR) is 36.6 cm³/mol. The van der Waals surface area contributed by atoms with Crippen LogP contribution in [0.15, 0.2) is 21.4 Å². The Hall–Kier alpha value is -0.280. The first-order valence-electron chi connectivity index (χ1n) is 2.14. The molecule has 1 aromatic rings. The Bertz CT molecular complexity index is 231. The number of hydrogen-bond acceptors (Lipinski definition) is 2. The molecule has 0 aromatic carbocycles. The van der Waals surface area contributed by atoms with E-state index in [0.717, 1.165) is 0 Å². The standard InChI is InChI=1S/C5H2BrClO2/c6-4-3(5(7)8)1-2-9-4/h1-2H. The molecule has 48 valence electrons. The lowest BCUT2D eigenvalue weighted by molar-refractivity contribution is 0.108. The Morgan fingerprint density at radius 1 is 1.78 bits per heavy atom. The molecule has 0 amide bonds. The summed E-state index contributed by atoms with van der Waals surface area (Å²) < 4.78 is 5.11. The van der Waals surface area contributed by atoms with Gasteiger partial charge in [0.2, 0.25) is 0 Å². The summed E-state index contributed by atoms with van der Waals surface area (Å²) in [7, 11) is 0. The van der Waals surface area contributed by atoms with Gasteiger partial charge in [-0.2, -0.15) is 0 Å². The smallest absolute Gasteiger partial charge is 0.256 e. The molecule has 0 bridgehead atoms. The summed E-state index contributed by atoms with van der Waals surface area (Å²) in [5.41, 5.74) is 0.358. The average molecular weight is 209 g/mol. The zero-order valence-corrected chi connectivity index (χ0v) is 6.57. The topological polar surface area (TPSA) is 30.2 Å². The molecule has 0 saturated carbocycles. The third-order valence-corrected chi connectivity index (χ3v) is 1.65. The van der Waals surface area contributed by atoms with Crippen LogP contribution in [0.5, 0.6) is 0 Å². The monoisotopic (exact) mass is 208 g/mol. The Labute approximate surface area is 64.9 Å². The van der Waals surface area contributed by atoms with E-state index in [9.17, 15) is 4.79 Å². The van der Waals surface area contributed by atoms with E-state index < -0.39 is 5.24 Å². The van der Waals surface area contributed by atoms with Crippen molar-refractivity contribution >= 4 is 32.8 Å². The van der Waals surface area contributed by atoms with Crippen LogP contribution in [0.2, 0.25) is 0 Å². The first kappa shape index (κ1) is 6.83. The van der Waals surface area contributed by atoms with Crippen molar-refractivity contribution < 1.29 is 9.21 Å². The molecule has 1 aromatic heterocycles. The van der Waals surface area contributed by atoms with E-state index in [0.29, 0.717) is 10.2 Å². The van der Waals surface area contributed by atoms with Crippen LogP contribution in [0.4, 0.5) is 0 Å². The fourth-order valence-corrected chi connectivity index (χ4v) is 1.12. The van der Waals surface area contributed by atoms with Crippen LogP contribution in [-0.4, -0.2) is 5.24 Å². The van der Waals surface area contributed by atoms with E-state index in [4.69, 9.17) is 16.0 Å². The molecule has 0 saturated heterocycles. The van der Waals surface area contributed by atoms with E-state index in [1.807, 2.05) is 0 Å². The first-order valence-corrected chi connectivity index (χ1v) is 3.31. The largest absolute Gasteiger partial charge is 0.457 e. The summed E-state index contributed by atoms with van der Waals surface area (Å²) in [4.78, 5) is 10.4. The molecule has 0 unspecified atom stereocenters. The number of rotatable bonds is 1. The summed E-state index contributed by atoms with van der Waals surface area (Å²) >= 11 is 8.12. The minimum atomic E-state index is -0.518. The summed E-state index contributed by atoms with van der Waals surface area (Å²) in [5.74, 6) is 0. The van der Waals surface area contributed by atoms with Crippen molar-refractivity contribution in [2.24, 2.45) is 0 Å². The number of furan rings is 1. The second kappa shape index (κ2) is 2.54. The molecule has 0 N–H and O–H groups in total. The molecule has 2 nitrogen and oxygen atoms in total. The molecular weight excluding hydrogens is 207 g/mol. The Balaban J connectivity index is 3.08. The van der Waals surface area contributed by atoms with Gasteiger partial charge >= 0.3 is 0 Å². The molecule has 0 fully saturated rings. The predicted octanol–water partition coefficient (Wildman–Crippen LogP) is 2.42. The number of hydrogen-bond donors (Lipinski definition) is 0. The molecule has 1 heterocycles. The Morgan fingerprint density at radius 2 is 2.44 bits per heavy atom. The maximum absolute atomic E-state index is 10.4. The van der Waals surface area contributed by atoms with Gasteiger partial charge in [-0.3, -0.25) is 4.79 Å². The third kappa shape index (κ3) is 1.34. The number of halogens is 2. The van der Waals surface area contributed by atoms with Gasteiger partial charge < -0.3 is 4.42 Å². The molecule has 0 aliphatic rings. The lowest BCUT2D eigenvalue weighted by atomic mass is 10.4. The number of carbonyl (C=O) groups is 1. The fourth-order valence-electron chi connectivity index (χ4n) is 0.434. The van der Waals surface area contributed by atoms with Crippen molar-refractivity contribution in [3.05, 3.63) is 22.6 Å². The zero-order valence-electron chi connectivity index (χ0n) is 4.23. The SMILES string of the molecule is O=C(Cl)c1ccoc1Br. The summed E-state index contributed by atoms with van der Waals surface area (Å²) in [6, 6.07) is 1.50. The Kier molecular flexibility index (Phi) is 1.93. The van der Waals surface area contributed by atoms with Gasteiger partial charge in [0.05, 0.1) is 11.8 Å². The highest BCUT2D eigenvalue weighted by molar-refractivity contribution is 9.10. The second-order valence-electron chi connectivity index (χ2n) is 1.38. The van der Waals surface area contributed by atoms with Crippen molar-refractivity contribution in [1.82, 2.24) is 0 Å². The maximum Gasteiger partial charge on any atom is 0.256 e. The van der Waals surface area contributed by atoms with Gasteiger partial charge in [0.1, 0.15) is 0 Å². The Morgan fingerprint density at radius 3 is 2.67 bits per heavy atom. The van der Waals surface area contributed by atoms with Gasteiger partial charge in [-0.15, -0.1) is 0 Å². The fraction of sp³-hybridized carbons (Fsp3) is 0. The van der Waals surface area contributed by atoms with E-state index in [-0.39, 0.29) is 0 Å². The molecule has 0 radical (unpaired) electrons. The van der Waals surface area contributed by atoms with Crippen molar-refractivity contribution in [3.8, 4) is 0 Å². The van der Waals surface area contributed by atoms with Crippen LogP contribution in [0.3, 0.4) is 0 Å².